The van der Waals surface area contributed by atoms with Gasteiger partial charge in [0.05, 0.1) is 17.1 Å². The maximum absolute atomic E-state index is 13.7. The summed E-state index contributed by atoms with van der Waals surface area (Å²) in [7, 11) is 0. The Hall–Kier alpha value is -4.06. The molecule has 0 fully saturated rings. The minimum absolute atomic E-state index is 0.274. The minimum Gasteiger partial charge on any atom is -0.350 e. The van der Waals surface area contributed by atoms with E-state index in [1.165, 1.54) is 23.3 Å². The topological polar surface area (TPSA) is 55.1 Å². The van der Waals surface area contributed by atoms with Crippen molar-refractivity contribution in [2.24, 2.45) is 5.92 Å². The molecule has 0 unspecified atom stereocenters. The molecule has 0 bridgehead atoms. The van der Waals surface area contributed by atoms with Gasteiger partial charge in [-0.25, -0.2) is 19.3 Å². The first-order chi connectivity index (χ1) is 17.5. The Bertz CT molecular complexity index is 1470. The Kier molecular flexibility index (Phi) is 6.76. The Morgan fingerprint density at radius 1 is 0.944 bits per heavy atom. The molecule has 3 heterocycles. The minimum atomic E-state index is -0.274. The van der Waals surface area contributed by atoms with Gasteiger partial charge in [0.1, 0.15) is 11.5 Å². The molecular weight excluding hydrogens is 449 g/mol. The van der Waals surface area contributed by atoms with Crippen LogP contribution in [-0.4, -0.2) is 19.4 Å². The predicted octanol–water partition coefficient (Wildman–Crippen LogP) is 7.11. The van der Waals surface area contributed by atoms with Gasteiger partial charge < -0.3 is 5.32 Å². The standard InChI is InChI=1S/C30H30FN5/c1-4-20(2)17-23-14-16-36-27(18-23)35-28(24-9-11-25(31)12-10-24)29(36)26-13-15-32-30(34-26)33-19-22-7-5-21(3)6-8-22/h5-16,18,20H,4,17,19H2,1-3H3,(H,32,33,34)/t20-/m1/s1. The third-order valence-electron chi connectivity index (χ3n) is 6.56. The number of nitrogens with zero attached hydrogens (tertiary/aromatic N) is 4. The van der Waals surface area contributed by atoms with E-state index in [1.54, 1.807) is 18.3 Å². The molecule has 0 aliphatic heterocycles. The fourth-order valence-electron chi connectivity index (χ4n) is 4.28. The quantitative estimate of drug-likeness (QED) is 0.258. The summed E-state index contributed by atoms with van der Waals surface area (Å²) >= 11 is 0. The first kappa shape index (κ1) is 23.7. The van der Waals surface area contributed by atoms with Crippen molar-refractivity contribution in [2.75, 3.05) is 5.32 Å². The van der Waals surface area contributed by atoms with E-state index < -0.39 is 0 Å². The number of aryl methyl sites for hydroxylation is 1. The number of imidazole rings is 1. The summed E-state index contributed by atoms with van der Waals surface area (Å²) in [6, 6.07) is 21.0. The SMILES string of the molecule is CC[C@@H](C)Cc1ccn2c(-c3ccnc(NCc4ccc(C)cc4)n3)c(-c3ccc(F)cc3)nc2c1. The molecule has 0 spiro atoms. The van der Waals surface area contributed by atoms with E-state index in [2.05, 4.69) is 78.1 Å². The molecule has 1 N–H and O–H groups in total. The number of rotatable bonds is 8. The Morgan fingerprint density at radius 3 is 2.47 bits per heavy atom. The molecule has 0 saturated carbocycles. The zero-order chi connectivity index (χ0) is 25.1. The van der Waals surface area contributed by atoms with Crippen LogP contribution in [0.3, 0.4) is 0 Å². The van der Waals surface area contributed by atoms with E-state index in [0.717, 1.165) is 46.7 Å². The van der Waals surface area contributed by atoms with E-state index in [0.29, 0.717) is 18.4 Å². The summed E-state index contributed by atoms with van der Waals surface area (Å²) in [4.78, 5) is 14.2. The highest BCUT2D eigenvalue weighted by atomic mass is 19.1. The van der Waals surface area contributed by atoms with Crippen LogP contribution >= 0.6 is 0 Å². The molecule has 0 amide bonds. The Balaban J connectivity index is 1.55. The monoisotopic (exact) mass is 479 g/mol. The molecule has 2 aromatic carbocycles. The molecule has 5 rings (SSSR count). The van der Waals surface area contributed by atoms with Gasteiger partial charge in [-0.2, -0.15) is 0 Å². The third-order valence-corrected chi connectivity index (χ3v) is 6.56. The molecule has 1 atom stereocenters. The summed E-state index contributed by atoms with van der Waals surface area (Å²) in [6.07, 6.45) is 5.95. The summed E-state index contributed by atoms with van der Waals surface area (Å²) in [6.45, 7) is 7.17. The average molecular weight is 480 g/mol. The van der Waals surface area contributed by atoms with Crippen LogP contribution in [0.5, 0.6) is 0 Å². The third kappa shape index (κ3) is 5.13. The average Bonchev–Trinajstić information content (AvgIpc) is 3.27. The smallest absolute Gasteiger partial charge is 0.223 e. The molecule has 0 saturated heterocycles. The van der Waals surface area contributed by atoms with Gasteiger partial charge in [0, 0.05) is 24.5 Å². The van der Waals surface area contributed by atoms with E-state index >= 15 is 0 Å². The lowest BCUT2D eigenvalue weighted by Gasteiger charge is -2.10. The highest BCUT2D eigenvalue weighted by Gasteiger charge is 2.18. The predicted molar refractivity (Wildman–Crippen MR) is 143 cm³/mol. The van der Waals surface area contributed by atoms with Crippen molar-refractivity contribution in [3.05, 3.63) is 102 Å². The van der Waals surface area contributed by atoms with E-state index in [-0.39, 0.29) is 5.82 Å². The van der Waals surface area contributed by atoms with Crippen molar-refractivity contribution in [2.45, 2.75) is 40.2 Å². The van der Waals surface area contributed by atoms with Gasteiger partial charge >= 0.3 is 0 Å². The van der Waals surface area contributed by atoms with E-state index in [9.17, 15) is 4.39 Å². The molecule has 6 heteroatoms. The molecule has 5 nitrogen and oxygen atoms in total. The van der Waals surface area contributed by atoms with Crippen molar-refractivity contribution in [1.82, 2.24) is 19.4 Å². The molecule has 3 aromatic heterocycles. The summed E-state index contributed by atoms with van der Waals surface area (Å²) in [5, 5.41) is 3.33. The molecule has 5 aromatic rings. The first-order valence-electron chi connectivity index (χ1n) is 12.4. The Labute approximate surface area is 211 Å². The van der Waals surface area contributed by atoms with Crippen molar-refractivity contribution in [1.29, 1.82) is 0 Å². The number of fused-ring (bicyclic) bond motifs is 1. The fraction of sp³-hybridized carbons (Fsp3) is 0.233. The molecule has 36 heavy (non-hydrogen) atoms. The van der Waals surface area contributed by atoms with Crippen LogP contribution in [0.2, 0.25) is 0 Å². The number of aromatic nitrogens is 4. The largest absolute Gasteiger partial charge is 0.350 e. The maximum Gasteiger partial charge on any atom is 0.223 e. The van der Waals surface area contributed by atoms with Gasteiger partial charge in [0.25, 0.3) is 0 Å². The number of hydrogen-bond acceptors (Lipinski definition) is 4. The van der Waals surface area contributed by atoms with E-state index in [4.69, 9.17) is 9.97 Å². The number of hydrogen-bond donors (Lipinski definition) is 1. The lowest BCUT2D eigenvalue weighted by Crippen LogP contribution is -2.04. The fourth-order valence-corrected chi connectivity index (χ4v) is 4.28. The number of benzene rings is 2. The van der Waals surface area contributed by atoms with Gasteiger partial charge in [-0.15, -0.1) is 0 Å². The van der Waals surface area contributed by atoms with Gasteiger partial charge in [0.15, 0.2) is 0 Å². The normalized spacial score (nSPS) is 12.1. The van der Waals surface area contributed by atoms with Crippen LogP contribution in [0.15, 0.2) is 79.1 Å². The number of pyridine rings is 1. The zero-order valence-corrected chi connectivity index (χ0v) is 20.9. The maximum atomic E-state index is 13.7. The summed E-state index contributed by atoms with van der Waals surface area (Å²) in [5.74, 6) is 0.869. The Morgan fingerprint density at radius 2 is 1.72 bits per heavy atom. The number of anilines is 1. The van der Waals surface area contributed by atoms with Gasteiger partial charge in [0.2, 0.25) is 5.95 Å². The second-order valence-electron chi connectivity index (χ2n) is 9.40. The lowest BCUT2D eigenvalue weighted by atomic mass is 10.00. The molecule has 0 aliphatic rings. The van der Waals surface area contributed by atoms with Crippen LogP contribution in [-0.2, 0) is 13.0 Å². The van der Waals surface area contributed by atoms with E-state index in [1.807, 2.05) is 6.07 Å². The first-order valence-corrected chi connectivity index (χ1v) is 12.4. The van der Waals surface area contributed by atoms with Gasteiger partial charge in [-0.1, -0.05) is 50.1 Å². The molecule has 0 aliphatic carbocycles. The molecular formula is C30H30FN5. The molecule has 182 valence electrons. The van der Waals surface area contributed by atoms with Gasteiger partial charge in [-0.05, 0) is 72.9 Å². The highest BCUT2D eigenvalue weighted by molar-refractivity contribution is 5.80. The second-order valence-corrected chi connectivity index (χ2v) is 9.40. The number of halogens is 1. The van der Waals surface area contributed by atoms with Crippen LogP contribution in [0.4, 0.5) is 10.3 Å². The van der Waals surface area contributed by atoms with Crippen LogP contribution in [0.25, 0.3) is 28.3 Å². The van der Waals surface area contributed by atoms with Crippen LogP contribution < -0.4 is 5.32 Å². The summed E-state index contributed by atoms with van der Waals surface area (Å²) < 4.78 is 15.7. The van der Waals surface area contributed by atoms with Gasteiger partial charge in [-0.3, -0.25) is 4.40 Å². The second kappa shape index (κ2) is 10.3. The lowest BCUT2D eigenvalue weighted by molar-refractivity contribution is 0.560. The van der Waals surface area contributed by atoms with Crippen molar-refractivity contribution in [3.63, 3.8) is 0 Å². The van der Waals surface area contributed by atoms with Crippen molar-refractivity contribution >= 4 is 11.6 Å². The highest BCUT2D eigenvalue weighted by Crippen LogP contribution is 2.33. The van der Waals surface area contributed by atoms with Crippen molar-refractivity contribution < 1.29 is 4.39 Å². The van der Waals surface area contributed by atoms with Crippen molar-refractivity contribution in [3.8, 4) is 22.6 Å². The molecule has 0 radical (unpaired) electrons. The number of nitrogens with one attached hydrogen (secondary N) is 1. The van der Waals surface area contributed by atoms with Crippen LogP contribution in [0, 0.1) is 18.7 Å². The van der Waals surface area contributed by atoms with Crippen LogP contribution in [0.1, 0.15) is 37.0 Å². The summed E-state index contributed by atoms with van der Waals surface area (Å²) in [5.41, 5.74) is 7.69. The zero-order valence-electron chi connectivity index (χ0n) is 20.9.